The van der Waals surface area contributed by atoms with Gasteiger partial charge in [-0.15, -0.1) is 0 Å². The van der Waals surface area contributed by atoms with Gasteiger partial charge in [0.1, 0.15) is 0 Å². The molecule has 19 heavy (non-hydrogen) atoms. The summed E-state index contributed by atoms with van der Waals surface area (Å²) in [6.07, 6.45) is 0.810. The van der Waals surface area contributed by atoms with E-state index in [9.17, 15) is 4.79 Å². The molecule has 2 atom stereocenters. The van der Waals surface area contributed by atoms with Crippen LogP contribution in [0.3, 0.4) is 0 Å². The van der Waals surface area contributed by atoms with Crippen molar-refractivity contribution in [1.82, 2.24) is 0 Å². The van der Waals surface area contributed by atoms with Crippen molar-refractivity contribution in [3.05, 3.63) is 42.0 Å². The number of amides is 1. The first-order valence-electron chi connectivity index (χ1n) is 6.66. The van der Waals surface area contributed by atoms with E-state index in [1.54, 1.807) is 6.92 Å². The highest BCUT2D eigenvalue weighted by Crippen LogP contribution is 2.40. The Kier molecular flexibility index (Phi) is 2.79. The molecule has 0 fully saturated rings. The standard InChI is InChI=1S/C16H18N2O/c1-10-9-15(17)14-8-7-12-5-3-4-6-13(12)16(14)18(10)11(2)19/h3-8,10,15H,9,17H2,1-2H3/t10-,15+/m1/s1. The van der Waals surface area contributed by atoms with Crippen LogP contribution in [0.25, 0.3) is 10.8 Å². The van der Waals surface area contributed by atoms with Crippen LogP contribution in [-0.2, 0) is 4.79 Å². The molecule has 0 radical (unpaired) electrons. The second kappa shape index (κ2) is 4.35. The molecule has 0 unspecified atom stereocenters. The van der Waals surface area contributed by atoms with Crippen molar-refractivity contribution in [1.29, 1.82) is 0 Å². The first-order valence-corrected chi connectivity index (χ1v) is 6.66. The topological polar surface area (TPSA) is 46.3 Å². The maximum absolute atomic E-state index is 12.0. The smallest absolute Gasteiger partial charge is 0.224 e. The number of anilines is 1. The average Bonchev–Trinajstić information content (AvgIpc) is 2.38. The maximum atomic E-state index is 12.0. The zero-order valence-corrected chi connectivity index (χ0v) is 11.3. The normalized spacial score (nSPS) is 22.4. The van der Waals surface area contributed by atoms with Gasteiger partial charge in [-0.3, -0.25) is 4.79 Å². The summed E-state index contributed by atoms with van der Waals surface area (Å²) < 4.78 is 0. The summed E-state index contributed by atoms with van der Waals surface area (Å²) in [5, 5.41) is 2.26. The molecule has 0 saturated heterocycles. The van der Waals surface area contributed by atoms with Gasteiger partial charge in [-0.05, 0) is 24.3 Å². The van der Waals surface area contributed by atoms with Crippen LogP contribution in [-0.4, -0.2) is 11.9 Å². The van der Waals surface area contributed by atoms with Gasteiger partial charge >= 0.3 is 0 Å². The fourth-order valence-corrected chi connectivity index (χ4v) is 3.13. The van der Waals surface area contributed by atoms with E-state index in [1.807, 2.05) is 17.0 Å². The fraction of sp³-hybridized carbons (Fsp3) is 0.312. The molecule has 0 aromatic heterocycles. The largest absolute Gasteiger partial charge is 0.324 e. The van der Waals surface area contributed by atoms with Gasteiger partial charge in [0.25, 0.3) is 0 Å². The lowest BCUT2D eigenvalue weighted by atomic mass is 9.89. The number of carbonyl (C=O) groups is 1. The molecule has 1 heterocycles. The Bertz CT molecular complexity index is 650. The number of rotatable bonds is 0. The van der Waals surface area contributed by atoms with Crippen LogP contribution in [0, 0.1) is 0 Å². The predicted molar refractivity (Wildman–Crippen MR) is 78.1 cm³/mol. The molecular weight excluding hydrogens is 236 g/mol. The molecule has 1 amide bonds. The molecular formula is C16H18N2O. The van der Waals surface area contributed by atoms with E-state index in [0.717, 1.165) is 28.4 Å². The molecule has 2 aromatic rings. The van der Waals surface area contributed by atoms with Gasteiger partial charge in [0.05, 0.1) is 5.69 Å². The van der Waals surface area contributed by atoms with Gasteiger partial charge in [0.15, 0.2) is 0 Å². The van der Waals surface area contributed by atoms with E-state index in [2.05, 4.69) is 31.2 Å². The first kappa shape index (κ1) is 12.2. The lowest BCUT2D eigenvalue weighted by Gasteiger charge is -2.38. The van der Waals surface area contributed by atoms with Crippen LogP contribution in [0.15, 0.2) is 36.4 Å². The number of benzene rings is 2. The van der Waals surface area contributed by atoms with Crippen molar-refractivity contribution in [2.24, 2.45) is 5.73 Å². The minimum atomic E-state index is 0.00482. The SMILES string of the molecule is CC(=O)N1c2c(ccc3ccccc23)[C@@H](N)C[C@H]1C. The number of hydrogen-bond donors (Lipinski definition) is 1. The van der Waals surface area contributed by atoms with Crippen LogP contribution in [0.1, 0.15) is 31.9 Å². The highest BCUT2D eigenvalue weighted by Gasteiger charge is 2.31. The number of nitrogens with two attached hydrogens (primary N) is 1. The second-order valence-electron chi connectivity index (χ2n) is 5.30. The van der Waals surface area contributed by atoms with Crippen molar-refractivity contribution in [2.75, 3.05) is 4.90 Å². The molecule has 0 aliphatic carbocycles. The zero-order valence-electron chi connectivity index (χ0n) is 11.3. The molecule has 1 aliphatic heterocycles. The van der Waals surface area contributed by atoms with Crippen LogP contribution < -0.4 is 10.6 Å². The number of fused-ring (bicyclic) bond motifs is 3. The lowest BCUT2D eigenvalue weighted by molar-refractivity contribution is -0.117. The van der Waals surface area contributed by atoms with E-state index in [4.69, 9.17) is 5.73 Å². The van der Waals surface area contributed by atoms with Gasteiger partial charge in [0.2, 0.25) is 5.91 Å². The molecule has 98 valence electrons. The van der Waals surface area contributed by atoms with Crippen molar-refractivity contribution < 1.29 is 4.79 Å². The third kappa shape index (κ3) is 1.81. The van der Waals surface area contributed by atoms with Crippen molar-refractivity contribution >= 4 is 22.4 Å². The second-order valence-corrected chi connectivity index (χ2v) is 5.30. The van der Waals surface area contributed by atoms with Crippen LogP contribution >= 0.6 is 0 Å². The predicted octanol–water partition coefficient (Wildman–Crippen LogP) is 2.98. The van der Waals surface area contributed by atoms with Gasteiger partial charge in [-0.2, -0.15) is 0 Å². The van der Waals surface area contributed by atoms with Crippen molar-refractivity contribution in [3.63, 3.8) is 0 Å². The van der Waals surface area contributed by atoms with Crippen LogP contribution in [0.5, 0.6) is 0 Å². The van der Waals surface area contributed by atoms with Crippen LogP contribution in [0.2, 0.25) is 0 Å². The molecule has 3 heteroatoms. The summed E-state index contributed by atoms with van der Waals surface area (Å²) >= 11 is 0. The Hall–Kier alpha value is -1.87. The van der Waals surface area contributed by atoms with Crippen molar-refractivity contribution in [2.45, 2.75) is 32.4 Å². The third-order valence-corrected chi connectivity index (χ3v) is 3.95. The summed E-state index contributed by atoms with van der Waals surface area (Å²) in [6, 6.07) is 12.4. The minimum Gasteiger partial charge on any atom is -0.324 e. The number of hydrogen-bond acceptors (Lipinski definition) is 2. The average molecular weight is 254 g/mol. The Morgan fingerprint density at radius 3 is 2.74 bits per heavy atom. The first-order chi connectivity index (χ1) is 9.09. The number of carbonyl (C=O) groups excluding carboxylic acids is 1. The van der Waals surface area contributed by atoms with Crippen LogP contribution in [0.4, 0.5) is 5.69 Å². The van der Waals surface area contributed by atoms with Crippen molar-refractivity contribution in [3.8, 4) is 0 Å². The third-order valence-electron chi connectivity index (χ3n) is 3.95. The lowest BCUT2D eigenvalue weighted by Crippen LogP contribution is -2.43. The fourth-order valence-electron chi connectivity index (χ4n) is 3.13. The molecule has 3 nitrogen and oxygen atoms in total. The summed E-state index contributed by atoms with van der Waals surface area (Å²) in [5.41, 5.74) is 8.33. The van der Waals surface area contributed by atoms with E-state index in [0.29, 0.717) is 0 Å². The Morgan fingerprint density at radius 1 is 1.26 bits per heavy atom. The van der Waals surface area contributed by atoms with Gasteiger partial charge in [-0.25, -0.2) is 0 Å². The quantitative estimate of drug-likeness (QED) is 0.785. The molecule has 2 aromatic carbocycles. The maximum Gasteiger partial charge on any atom is 0.224 e. The Balaban J connectivity index is 2.35. The van der Waals surface area contributed by atoms with E-state index < -0.39 is 0 Å². The van der Waals surface area contributed by atoms with Gasteiger partial charge in [-0.1, -0.05) is 36.4 Å². The van der Waals surface area contributed by atoms with Gasteiger partial charge in [0, 0.05) is 24.4 Å². The van der Waals surface area contributed by atoms with E-state index in [1.165, 1.54) is 0 Å². The number of nitrogens with zero attached hydrogens (tertiary/aromatic N) is 1. The zero-order chi connectivity index (χ0) is 13.6. The summed E-state index contributed by atoms with van der Waals surface area (Å²) in [4.78, 5) is 13.9. The Morgan fingerprint density at radius 2 is 2.00 bits per heavy atom. The summed E-state index contributed by atoms with van der Waals surface area (Å²) in [5.74, 6) is 0.0806. The monoisotopic (exact) mass is 254 g/mol. The minimum absolute atomic E-state index is 0.00482. The summed E-state index contributed by atoms with van der Waals surface area (Å²) in [6.45, 7) is 3.69. The highest BCUT2D eigenvalue weighted by molar-refractivity contribution is 6.05. The van der Waals surface area contributed by atoms with Gasteiger partial charge < -0.3 is 10.6 Å². The molecule has 0 saturated carbocycles. The summed E-state index contributed by atoms with van der Waals surface area (Å²) in [7, 11) is 0. The van der Waals surface area contributed by atoms with E-state index in [-0.39, 0.29) is 18.0 Å². The molecule has 1 aliphatic rings. The molecule has 0 spiro atoms. The Labute approximate surface area is 113 Å². The molecule has 3 rings (SSSR count). The van der Waals surface area contributed by atoms with E-state index >= 15 is 0 Å². The molecule has 0 bridgehead atoms. The molecule has 2 N–H and O–H groups in total. The highest BCUT2D eigenvalue weighted by atomic mass is 16.2.